The highest BCUT2D eigenvalue weighted by molar-refractivity contribution is 5.73. The molecule has 0 bridgehead atoms. The molecule has 76 valence electrons. The first-order chi connectivity index (χ1) is 6.83. The van der Waals surface area contributed by atoms with Crippen LogP contribution in [0.15, 0.2) is 6.20 Å². The van der Waals surface area contributed by atoms with Crippen LogP contribution in [0.2, 0.25) is 0 Å². The maximum atomic E-state index is 10.6. The summed E-state index contributed by atoms with van der Waals surface area (Å²) in [7, 11) is 1.85. The van der Waals surface area contributed by atoms with E-state index in [4.69, 9.17) is 4.74 Å². The van der Waals surface area contributed by atoms with Gasteiger partial charge in [-0.25, -0.2) is 4.98 Å². The molecule has 1 aromatic rings. The molecule has 0 unspecified atom stereocenters. The molecule has 0 atom stereocenters. The predicted molar refractivity (Wildman–Crippen MR) is 51.6 cm³/mol. The lowest BCUT2D eigenvalue weighted by molar-refractivity contribution is 0.111. The monoisotopic (exact) mass is 195 g/mol. The van der Waals surface area contributed by atoms with Crippen LogP contribution >= 0.6 is 0 Å². The first kappa shape index (κ1) is 9.21. The highest BCUT2D eigenvalue weighted by atomic mass is 16.5. The quantitative estimate of drug-likeness (QED) is 0.626. The average Bonchev–Trinajstić information content (AvgIpc) is 2.61. The number of aldehydes is 1. The number of carbonyl (C=O) groups excluding carboxylic acids is 1. The summed E-state index contributed by atoms with van der Waals surface area (Å²) in [4.78, 5) is 17.0. The minimum absolute atomic E-state index is 0.603. The predicted octanol–water partition coefficient (Wildman–Crippen LogP) is 0.0692. The van der Waals surface area contributed by atoms with E-state index in [0.29, 0.717) is 5.69 Å². The molecule has 0 aromatic carbocycles. The van der Waals surface area contributed by atoms with E-state index in [1.807, 2.05) is 7.05 Å². The van der Waals surface area contributed by atoms with Crippen LogP contribution in [-0.4, -0.2) is 42.1 Å². The molecule has 2 heterocycles. The second-order valence-corrected chi connectivity index (χ2v) is 3.26. The zero-order chi connectivity index (χ0) is 9.97. The van der Waals surface area contributed by atoms with Gasteiger partial charge in [0.15, 0.2) is 6.29 Å². The van der Waals surface area contributed by atoms with E-state index in [1.54, 1.807) is 10.8 Å². The summed E-state index contributed by atoms with van der Waals surface area (Å²) in [6, 6.07) is 0. The van der Waals surface area contributed by atoms with E-state index in [-0.39, 0.29) is 0 Å². The lowest BCUT2D eigenvalue weighted by atomic mass is 10.4. The lowest BCUT2D eigenvalue weighted by Crippen LogP contribution is -2.37. The van der Waals surface area contributed by atoms with Crippen LogP contribution in [0, 0.1) is 0 Å². The molecular weight excluding hydrogens is 182 g/mol. The van der Waals surface area contributed by atoms with E-state index >= 15 is 0 Å². The third-order valence-electron chi connectivity index (χ3n) is 2.41. The summed E-state index contributed by atoms with van der Waals surface area (Å²) in [6.07, 6.45) is 2.41. The summed E-state index contributed by atoms with van der Waals surface area (Å²) >= 11 is 0. The third-order valence-corrected chi connectivity index (χ3v) is 2.41. The van der Waals surface area contributed by atoms with E-state index in [0.717, 1.165) is 38.5 Å². The zero-order valence-corrected chi connectivity index (χ0v) is 8.14. The summed E-state index contributed by atoms with van der Waals surface area (Å²) in [5, 5.41) is 0. The summed E-state index contributed by atoms with van der Waals surface area (Å²) in [6.45, 7) is 3.12. The Kier molecular flexibility index (Phi) is 2.49. The second kappa shape index (κ2) is 3.79. The van der Waals surface area contributed by atoms with E-state index in [2.05, 4.69) is 9.88 Å². The van der Waals surface area contributed by atoms with Crippen LogP contribution in [-0.2, 0) is 11.8 Å². The molecule has 0 spiro atoms. The van der Waals surface area contributed by atoms with Crippen molar-refractivity contribution in [2.45, 2.75) is 0 Å². The van der Waals surface area contributed by atoms with Gasteiger partial charge in [0, 0.05) is 20.1 Å². The van der Waals surface area contributed by atoms with Gasteiger partial charge in [-0.2, -0.15) is 0 Å². The summed E-state index contributed by atoms with van der Waals surface area (Å²) in [5.74, 6) is 0.843. The highest BCUT2D eigenvalue weighted by Gasteiger charge is 2.16. The number of carbonyl (C=O) groups is 1. The second-order valence-electron chi connectivity index (χ2n) is 3.26. The van der Waals surface area contributed by atoms with Gasteiger partial charge < -0.3 is 14.2 Å². The van der Waals surface area contributed by atoms with Gasteiger partial charge in [-0.1, -0.05) is 0 Å². The van der Waals surface area contributed by atoms with Crippen molar-refractivity contribution >= 4 is 12.2 Å². The standard InChI is InChI=1S/C9H13N3O2/c1-11-8(7-13)6-10-9(11)12-2-4-14-5-3-12/h6-7H,2-5H2,1H3. The van der Waals surface area contributed by atoms with Crippen LogP contribution in [0.25, 0.3) is 0 Å². The molecule has 1 fully saturated rings. The SMILES string of the molecule is Cn1c(C=O)cnc1N1CCOCC1. The molecule has 0 aliphatic carbocycles. The highest BCUT2D eigenvalue weighted by Crippen LogP contribution is 2.13. The van der Waals surface area contributed by atoms with Gasteiger partial charge in [0.25, 0.3) is 0 Å². The van der Waals surface area contributed by atoms with Crippen molar-refractivity contribution in [1.29, 1.82) is 0 Å². The van der Waals surface area contributed by atoms with Gasteiger partial charge >= 0.3 is 0 Å². The van der Waals surface area contributed by atoms with Crippen molar-refractivity contribution in [3.63, 3.8) is 0 Å². The molecule has 0 amide bonds. The maximum absolute atomic E-state index is 10.6. The zero-order valence-electron chi connectivity index (χ0n) is 8.14. The maximum Gasteiger partial charge on any atom is 0.205 e. The van der Waals surface area contributed by atoms with Crippen molar-refractivity contribution in [2.75, 3.05) is 31.2 Å². The average molecular weight is 195 g/mol. The molecule has 2 rings (SSSR count). The minimum Gasteiger partial charge on any atom is -0.378 e. The number of morpholine rings is 1. The van der Waals surface area contributed by atoms with Crippen molar-refractivity contribution in [3.8, 4) is 0 Å². The fraction of sp³-hybridized carbons (Fsp3) is 0.556. The minimum atomic E-state index is 0.603. The molecule has 0 radical (unpaired) electrons. The fourth-order valence-corrected chi connectivity index (χ4v) is 1.58. The topological polar surface area (TPSA) is 47.4 Å². The number of ether oxygens (including phenoxy) is 1. The van der Waals surface area contributed by atoms with E-state index < -0.39 is 0 Å². The smallest absolute Gasteiger partial charge is 0.205 e. The number of anilines is 1. The number of nitrogens with zero attached hydrogens (tertiary/aromatic N) is 3. The summed E-state index contributed by atoms with van der Waals surface area (Å²) < 4.78 is 7.05. The van der Waals surface area contributed by atoms with Crippen molar-refractivity contribution in [2.24, 2.45) is 7.05 Å². The van der Waals surface area contributed by atoms with E-state index in [9.17, 15) is 4.79 Å². The van der Waals surface area contributed by atoms with Gasteiger partial charge in [0.05, 0.1) is 19.4 Å². The van der Waals surface area contributed by atoms with Crippen LogP contribution in [0.5, 0.6) is 0 Å². The van der Waals surface area contributed by atoms with E-state index in [1.165, 1.54) is 0 Å². The summed E-state index contributed by atoms with van der Waals surface area (Å²) in [5.41, 5.74) is 0.603. The first-order valence-corrected chi connectivity index (χ1v) is 4.62. The normalized spacial score (nSPS) is 17.1. The molecule has 14 heavy (non-hydrogen) atoms. The molecule has 5 nitrogen and oxygen atoms in total. The van der Waals surface area contributed by atoms with Gasteiger partial charge in [0.2, 0.25) is 5.95 Å². The van der Waals surface area contributed by atoms with Crippen LogP contribution in [0.1, 0.15) is 10.5 Å². The molecule has 1 aromatic heterocycles. The number of hydrogen-bond donors (Lipinski definition) is 0. The van der Waals surface area contributed by atoms with Gasteiger partial charge in [-0.05, 0) is 0 Å². The number of rotatable bonds is 2. The molecular formula is C9H13N3O2. The largest absolute Gasteiger partial charge is 0.378 e. The third kappa shape index (κ3) is 1.50. The Bertz CT molecular complexity index is 329. The van der Waals surface area contributed by atoms with Crippen LogP contribution in [0.4, 0.5) is 5.95 Å². The van der Waals surface area contributed by atoms with Crippen molar-refractivity contribution in [1.82, 2.24) is 9.55 Å². The van der Waals surface area contributed by atoms with Gasteiger partial charge in [0.1, 0.15) is 5.69 Å². The Balaban J connectivity index is 2.22. The Labute approximate surface area is 82.3 Å². The molecule has 1 aliphatic heterocycles. The number of hydrogen-bond acceptors (Lipinski definition) is 4. The first-order valence-electron chi connectivity index (χ1n) is 4.62. The van der Waals surface area contributed by atoms with Crippen LogP contribution < -0.4 is 4.90 Å². The number of imidazole rings is 1. The number of aromatic nitrogens is 2. The molecule has 0 N–H and O–H groups in total. The lowest BCUT2D eigenvalue weighted by Gasteiger charge is -2.27. The molecule has 1 saturated heterocycles. The Morgan fingerprint density at radius 3 is 2.79 bits per heavy atom. The Morgan fingerprint density at radius 2 is 2.21 bits per heavy atom. The van der Waals surface area contributed by atoms with Crippen molar-refractivity contribution < 1.29 is 9.53 Å². The van der Waals surface area contributed by atoms with Gasteiger partial charge in [-0.15, -0.1) is 0 Å². The molecule has 5 heteroatoms. The molecule has 1 aliphatic rings. The van der Waals surface area contributed by atoms with Gasteiger partial charge in [-0.3, -0.25) is 4.79 Å². The fourth-order valence-electron chi connectivity index (χ4n) is 1.58. The Hall–Kier alpha value is -1.36. The Morgan fingerprint density at radius 1 is 1.50 bits per heavy atom. The molecule has 0 saturated carbocycles. The van der Waals surface area contributed by atoms with Crippen molar-refractivity contribution in [3.05, 3.63) is 11.9 Å². The van der Waals surface area contributed by atoms with Crippen LogP contribution in [0.3, 0.4) is 0 Å².